The number of methoxy groups -OCH3 is 1. The van der Waals surface area contributed by atoms with Gasteiger partial charge in [0.1, 0.15) is 5.75 Å². The Morgan fingerprint density at radius 2 is 2.00 bits per heavy atom. The fraction of sp³-hybridized carbons (Fsp3) is 0.235. The van der Waals surface area contributed by atoms with Crippen LogP contribution < -0.4 is 9.64 Å². The standard InChI is InChI=1S/C17H17NO3/c1-21-16-4-2-3-15-14(16)9-10-18(15)11-12-5-7-13(8-6-12)17(19)20/h2-8H,9-11H2,1H3,(H,19,20). The normalized spacial score (nSPS) is 13.1. The lowest BCUT2D eigenvalue weighted by molar-refractivity contribution is 0.0697. The summed E-state index contributed by atoms with van der Waals surface area (Å²) in [4.78, 5) is 13.2. The second kappa shape index (κ2) is 5.48. The molecule has 0 fully saturated rings. The van der Waals surface area contributed by atoms with E-state index in [1.807, 2.05) is 24.3 Å². The third-order valence-electron chi connectivity index (χ3n) is 3.87. The Morgan fingerprint density at radius 1 is 1.24 bits per heavy atom. The van der Waals surface area contributed by atoms with Gasteiger partial charge in [0.25, 0.3) is 0 Å². The van der Waals surface area contributed by atoms with Gasteiger partial charge >= 0.3 is 5.97 Å². The van der Waals surface area contributed by atoms with E-state index in [0.29, 0.717) is 5.56 Å². The molecule has 21 heavy (non-hydrogen) atoms. The second-order valence-electron chi connectivity index (χ2n) is 5.13. The summed E-state index contributed by atoms with van der Waals surface area (Å²) >= 11 is 0. The summed E-state index contributed by atoms with van der Waals surface area (Å²) in [7, 11) is 1.70. The minimum absolute atomic E-state index is 0.322. The molecular formula is C17H17NO3. The molecule has 2 aromatic carbocycles. The molecule has 0 aromatic heterocycles. The number of carbonyl (C=O) groups is 1. The zero-order chi connectivity index (χ0) is 14.8. The summed E-state index contributed by atoms with van der Waals surface area (Å²) in [5, 5.41) is 8.92. The lowest BCUT2D eigenvalue weighted by atomic mass is 10.1. The SMILES string of the molecule is COc1cccc2c1CCN2Cc1ccc(C(=O)O)cc1. The van der Waals surface area contributed by atoms with Crippen molar-refractivity contribution in [3.63, 3.8) is 0 Å². The molecule has 2 aromatic rings. The van der Waals surface area contributed by atoms with Crippen LogP contribution in [0, 0.1) is 0 Å². The monoisotopic (exact) mass is 283 g/mol. The number of carboxylic acid groups (broad SMARTS) is 1. The van der Waals surface area contributed by atoms with Crippen molar-refractivity contribution in [2.45, 2.75) is 13.0 Å². The van der Waals surface area contributed by atoms with Crippen LogP contribution in [-0.4, -0.2) is 24.7 Å². The van der Waals surface area contributed by atoms with Crippen molar-refractivity contribution >= 4 is 11.7 Å². The molecule has 0 saturated carbocycles. The first-order valence-corrected chi connectivity index (χ1v) is 6.92. The first-order chi connectivity index (χ1) is 10.2. The minimum atomic E-state index is -0.891. The van der Waals surface area contributed by atoms with Crippen LogP contribution in [0.3, 0.4) is 0 Å². The van der Waals surface area contributed by atoms with E-state index in [1.165, 1.54) is 11.3 Å². The van der Waals surface area contributed by atoms with E-state index in [2.05, 4.69) is 11.0 Å². The van der Waals surface area contributed by atoms with Gasteiger partial charge in [0, 0.05) is 24.3 Å². The van der Waals surface area contributed by atoms with Crippen LogP contribution >= 0.6 is 0 Å². The van der Waals surface area contributed by atoms with E-state index in [1.54, 1.807) is 19.2 Å². The molecule has 0 atom stereocenters. The van der Waals surface area contributed by atoms with Crippen molar-refractivity contribution in [2.75, 3.05) is 18.6 Å². The number of hydrogen-bond acceptors (Lipinski definition) is 3. The van der Waals surface area contributed by atoms with E-state index in [9.17, 15) is 4.79 Å². The quantitative estimate of drug-likeness (QED) is 0.937. The van der Waals surface area contributed by atoms with Crippen molar-refractivity contribution in [3.05, 3.63) is 59.2 Å². The van der Waals surface area contributed by atoms with Gasteiger partial charge in [-0.15, -0.1) is 0 Å². The molecule has 1 heterocycles. The number of fused-ring (bicyclic) bond motifs is 1. The Bertz CT molecular complexity index is 664. The third-order valence-corrected chi connectivity index (χ3v) is 3.87. The van der Waals surface area contributed by atoms with Gasteiger partial charge in [0.05, 0.1) is 12.7 Å². The fourth-order valence-electron chi connectivity index (χ4n) is 2.80. The van der Waals surface area contributed by atoms with Crippen LogP contribution in [0.25, 0.3) is 0 Å². The maximum Gasteiger partial charge on any atom is 0.335 e. The first-order valence-electron chi connectivity index (χ1n) is 6.92. The van der Waals surface area contributed by atoms with Gasteiger partial charge < -0.3 is 14.7 Å². The van der Waals surface area contributed by atoms with Gasteiger partial charge in [-0.05, 0) is 36.2 Å². The highest BCUT2D eigenvalue weighted by Crippen LogP contribution is 2.35. The molecule has 1 N–H and O–H groups in total. The second-order valence-corrected chi connectivity index (χ2v) is 5.13. The molecule has 1 aliphatic rings. The largest absolute Gasteiger partial charge is 0.496 e. The van der Waals surface area contributed by atoms with Crippen molar-refractivity contribution < 1.29 is 14.6 Å². The predicted molar refractivity (Wildman–Crippen MR) is 81.1 cm³/mol. The Labute approximate surface area is 123 Å². The molecule has 0 saturated heterocycles. The van der Waals surface area contributed by atoms with Gasteiger partial charge in [-0.2, -0.15) is 0 Å². The van der Waals surface area contributed by atoms with E-state index < -0.39 is 5.97 Å². The average molecular weight is 283 g/mol. The van der Waals surface area contributed by atoms with Crippen LogP contribution in [0.15, 0.2) is 42.5 Å². The van der Waals surface area contributed by atoms with Gasteiger partial charge in [-0.25, -0.2) is 4.79 Å². The van der Waals surface area contributed by atoms with Gasteiger partial charge in [0.2, 0.25) is 0 Å². The summed E-state index contributed by atoms with van der Waals surface area (Å²) in [6, 6.07) is 13.2. The summed E-state index contributed by atoms with van der Waals surface area (Å²) in [6.45, 7) is 1.73. The molecule has 3 rings (SSSR count). The lowest BCUT2D eigenvalue weighted by Gasteiger charge is -2.20. The molecule has 0 unspecified atom stereocenters. The lowest BCUT2D eigenvalue weighted by Crippen LogP contribution is -2.19. The maximum atomic E-state index is 10.9. The van der Waals surface area contributed by atoms with E-state index >= 15 is 0 Å². The van der Waals surface area contributed by atoms with E-state index in [0.717, 1.165) is 30.8 Å². The highest BCUT2D eigenvalue weighted by molar-refractivity contribution is 5.87. The Morgan fingerprint density at radius 3 is 2.67 bits per heavy atom. The Kier molecular flexibility index (Phi) is 3.52. The molecule has 0 bridgehead atoms. The predicted octanol–water partition coefficient (Wildman–Crippen LogP) is 2.96. The molecule has 4 nitrogen and oxygen atoms in total. The van der Waals surface area contributed by atoms with Gasteiger partial charge in [-0.3, -0.25) is 0 Å². The number of carboxylic acids is 1. The number of hydrogen-bond donors (Lipinski definition) is 1. The number of aromatic carboxylic acids is 1. The molecule has 4 heteroatoms. The molecule has 0 aliphatic carbocycles. The van der Waals surface area contributed by atoms with Crippen LogP contribution in [0.5, 0.6) is 5.75 Å². The smallest absolute Gasteiger partial charge is 0.335 e. The maximum absolute atomic E-state index is 10.9. The van der Waals surface area contributed by atoms with Crippen molar-refractivity contribution in [2.24, 2.45) is 0 Å². The van der Waals surface area contributed by atoms with Crippen molar-refractivity contribution in [1.29, 1.82) is 0 Å². The molecule has 1 aliphatic heterocycles. The number of benzene rings is 2. The molecule has 108 valence electrons. The zero-order valence-electron chi connectivity index (χ0n) is 11.9. The van der Waals surface area contributed by atoms with E-state index in [4.69, 9.17) is 9.84 Å². The third kappa shape index (κ3) is 2.57. The number of anilines is 1. The Balaban J connectivity index is 1.80. The summed E-state index contributed by atoms with van der Waals surface area (Å²) < 4.78 is 5.41. The van der Waals surface area contributed by atoms with Gasteiger partial charge in [-0.1, -0.05) is 18.2 Å². The zero-order valence-corrected chi connectivity index (χ0v) is 11.9. The first kappa shape index (κ1) is 13.5. The number of rotatable bonds is 4. The Hall–Kier alpha value is -2.49. The van der Waals surface area contributed by atoms with Gasteiger partial charge in [0.15, 0.2) is 0 Å². The summed E-state index contributed by atoms with van der Waals surface area (Å²) in [6.07, 6.45) is 0.979. The van der Waals surface area contributed by atoms with Crippen molar-refractivity contribution in [1.82, 2.24) is 0 Å². The summed E-state index contributed by atoms with van der Waals surface area (Å²) in [5.41, 5.74) is 3.89. The minimum Gasteiger partial charge on any atom is -0.496 e. The van der Waals surface area contributed by atoms with Crippen LogP contribution in [0.2, 0.25) is 0 Å². The molecular weight excluding hydrogens is 266 g/mol. The highest BCUT2D eigenvalue weighted by Gasteiger charge is 2.22. The average Bonchev–Trinajstić information content (AvgIpc) is 2.91. The summed E-state index contributed by atoms with van der Waals surface area (Å²) in [5.74, 6) is 0.0500. The van der Waals surface area contributed by atoms with E-state index in [-0.39, 0.29) is 0 Å². The highest BCUT2D eigenvalue weighted by atomic mass is 16.5. The molecule has 0 spiro atoms. The van der Waals surface area contributed by atoms with Crippen molar-refractivity contribution in [3.8, 4) is 5.75 Å². The molecule has 0 amide bonds. The van der Waals surface area contributed by atoms with Crippen LogP contribution in [0.1, 0.15) is 21.5 Å². The van der Waals surface area contributed by atoms with Crippen LogP contribution in [-0.2, 0) is 13.0 Å². The topological polar surface area (TPSA) is 49.8 Å². The van der Waals surface area contributed by atoms with Crippen LogP contribution in [0.4, 0.5) is 5.69 Å². The number of ether oxygens (including phenoxy) is 1. The molecule has 0 radical (unpaired) electrons. The fourth-order valence-corrected chi connectivity index (χ4v) is 2.80. The number of nitrogens with zero attached hydrogens (tertiary/aromatic N) is 1.